The molecule has 1 heterocycles. The van der Waals surface area contributed by atoms with Crippen LogP contribution in [-0.2, 0) is 0 Å². The molecule has 2 aromatic carbocycles. The van der Waals surface area contributed by atoms with Crippen molar-refractivity contribution in [3.63, 3.8) is 0 Å². The standard InChI is InChI=1S/C14H10OS/c1-9(15)13-8-12-6-10-4-2-3-5-11(10)7-14(12)16-13/h2-8H,1H3. The number of hydrogen-bond donors (Lipinski definition) is 0. The van der Waals surface area contributed by atoms with Crippen LogP contribution in [-0.4, -0.2) is 5.78 Å². The van der Waals surface area contributed by atoms with Crippen LogP contribution >= 0.6 is 11.3 Å². The highest BCUT2D eigenvalue weighted by molar-refractivity contribution is 7.20. The number of rotatable bonds is 1. The molecule has 16 heavy (non-hydrogen) atoms. The van der Waals surface area contributed by atoms with Crippen molar-refractivity contribution < 1.29 is 4.79 Å². The van der Waals surface area contributed by atoms with Gasteiger partial charge in [0.25, 0.3) is 0 Å². The molecule has 0 atom stereocenters. The smallest absolute Gasteiger partial charge is 0.169 e. The van der Waals surface area contributed by atoms with Crippen LogP contribution in [0.1, 0.15) is 16.6 Å². The molecule has 0 fully saturated rings. The van der Waals surface area contributed by atoms with Gasteiger partial charge in [-0.3, -0.25) is 4.79 Å². The highest BCUT2D eigenvalue weighted by Gasteiger charge is 2.06. The van der Waals surface area contributed by atoms with Crippen LogP contribution in [0.2, 0.25) is 0 Å². The molecule has 3 aromatic rings. The first-order chi connectivity index (χ1) is 7.74. The first-order valence-electron chi connectivity index (χ1n) is 5.17. The number of carbonyl (C=O) groups excluding carboxylic acids is 1. The van der Waals surface area contributed by atoms with Crippen LogP contribution in [0.5, 0.6) is 0 Å². The van der Waals surface area contributed by atoms with Gasteiger partial charge >= 0.3 is 0 Å². The van der Waals surface area contributed by atoms with Crippen LogP contribution in [0.15, 0.2) is 42.5 Å². The van der Waals surface area contributed by atoms with Gasteiger partial charge in [-0.05, 0) is 41.3 Å². The maximum absolute atomic E-state index is 11.3. The van der Waals surface area contributed by atoms with Gasteiger partial charge in [-0.2, -0.15) is 0 Å². The van der Waals surface area contributed by atoms with Gasteiger partial charge in [-0.15, -0.1) is 11.3 Å². The maximum atomic E-state index is 11.3. The summed E-state index contributed by atoms with van der Waals surface area (Å²) in [5.41, 5.74) is 0. The number of hydrogen-bond acceptors (Lipinski definition) is 2. The Bertz CT molecular complexity index is 642. The summed E-state index contributed by atoms with van der Waals surface area (Å²) in [5, 5.41) is 3.61. The average Bonchev–Trinajstić information content (AvgIpc) is 2.68. The molecule has 0 aliphatic rings. The molecule has 3 rings (SSSR count). The third-order valence-corrected chi connectivity index (χ3v) is 3.93. The van der Waals surface area contributed by atoms with Crippen molar-refractivity contribution in [2.45, 2.75) is 6.92 Å². The Labute approximate surface area is 97.3 Å². The molecule has 0 unspecified atom stereocenters. The van der Waals surface area contributed by atoms with E-state index in [9.17, 15) is 4.79 Å². The Morgan fingerprint density at radius 3 is 2.38 bits per heavy atom. The van der Waals surface area contributed by atoms with Crippen molar-refractivity contribution in [3.05, 3.63) is 47.3 Å². The number of ketones is 1. The molecule has 0 amide bonds. The van der Waals surface area contributed by atoms with E-state index in [4.69, 9.17) is 0 Å². The highest BCUT2D eigenvalue weighted by atomic mass is 32.1. The zero-order chi connectivity index (χ0) is 11.1. The van der Waals surface area contributed by atoms with Gasteiger partial charge in [0, 0.05) is 4.70 Å². The normalized spacial score (nSPS) is 11.1. The van der Waals surface area contributed by atoms with E-state index in [-0.39, 0.29) is 5.78 Å². The van der Waals surface area contributed by atoms with E-state index in [0.717, 1.165) is 10.3 Å². The van der Waals surface area contributed by atoms with Gasteiger partial charge < -0.3 is 0 Å². The number of Topliss-reactive ketones (excluding diaryl/α,β-unsaturated/α-hetero) is 1. The summed E-state index contributed by atoms with van der Waals surface area (Å²) in [6, 6.07) is 14.5. The minimum absolute atomic E-state index is 0.144. The Balaban J connectivity index is 2.38. The second-order valence-electron chi connectivity index (χ2n) is 3.90. The number of thiophene rings is 1. The van der Waals surface area contributed by atoms with Crippen LogP contribution in [0.25, 0.3) is 20.9 Å². The van der Waals surface area contributed by atoms with E-state index < -0.39 is 0 Å². The van der Waals surface area contributed by atoms with E-state index in [1.165, 1.54) is 15.5 Å². The van der Waals surface area contributed by atoms with Gasteiger partial charge in [0.15, 0.2) is 5.78 Å². The summed E-state index contributed by atoms with van der Waals surface area (Å²) in [4.78, 5) is 12.2. The minimum atomic E-state index is 0.144. The van der Waals surface area contributed by atoms with Gasteiger partial charge in [-0.1, -0.05) is 24.3 Å². The van der Waals surface area contributed by atoms with E-state index >= 15 is 0 Å². The van der Waals surface area contributed by atoms with Crippen molar-refractivity contribution in [3.8, 4) is 0 Å². The van der Waals surface area contributed by atoms with E-state index in [2.05, 4.69) is 24.3 Å². The number of benzene rings is 2. The van der Waals surface area contributed by atoms with Gasteiger partial charge in [0.2, 0.25) is 0 Å². The fraction of sp³-hybridized carbons (Fsp3) is 0.0714. The Morgan fingerprint density at radius 1 is 1.00 bits per heavy atom. The molecule has 0 bridgehead atoms. The molecular formula is C14H10OS. The first kappa shape index (κ1) is 9.55. The Morgan fingerprint density at radius 2 is 1.69 bits per heavy atom. The zero-order valence-electron chi connectivity index (χ0n) is 8.86. The third-order valence-electron chi connectivity index (χ3n) is 2.73. The average molecular weight is 226 g/mol. The van der Waals surface area contributed by atoms with Crippen LogP contribution in [0, 0.1) is 0 Å². The second kappa shape index (κ2) is 3.42. The fourth-order valence-corrected chi connectivity index (χ4v) is 2.89. The van der Waals surface area contributed by atoms with E-state index in [1.54, 1.807) is 18.3 Å². The first-order valence-corrected chi connectivity index (χ1v) is 5.99. The largest absolute Gasteiger partial charge is 0.294 e. The quantitative estimate of drug-likeness (QED) is 0.567. The number of fused-ring (bicyclic) bond motifs is 2. The Hall–Kier alpha value is -1.67. The molecule has 0 saturated carbocycles. The molecule has 0 radical (unpaired) electrons. The monoisotopic (exact) mass is 226 g/mol. The van der Waals surface area contributed by atoms with Gasteiger partial charge in [0.1, 0.15) is 0 Å². The molecule has 0 saturated heterocycles. The lowest BCUT2D eigenvalue weighted by atomic mass is 10.1. The predicted molar refractivity (Wildman–Crippen MR) is 69.3 cm³/mol. The summed E-state index contributed by atoms with van der Waals surface area (Å²) in [7, 11) is 0. The highest BCUT2D eigenvalue weighted by Crippen LogP contribution is 2.30. The van der Waals surface area contributed by atoms with Crippen molar-refractivity contribution in [1.82, 2.24) is 0 Å². The van der Waals surface area contributed by atoms with E-state index in [1.807, 2.05) is 18.2 Å². The lowest BCUT2D eigenvalue weighted by Gasteiger charge is -1.96. The van der Waals surface area contributed by atoms with Crippen molar-refractivity contribution >= 4 is 38.0 Å². The maximum Gasteiger partial charge on any atom is 0.169 e. The minimum Gasteiger partial charge on any atom is -0.294 e. The predicted octanol–water partition coefficient (Wildman–Crippen LogP) is 4.26. The molecule has 78 valence electrons. The molecule has 0 aliphatic heterocycles. The van der Waals surface area contributed by atoms with Crippen molar-refractivity contribution in [2.75, 3.05) is 0 Å². The summed E-state index contributed by atoms with van der Waals surface area (Å²) in [6.45, 7) is 1.62. The summed E-state index contributed by atoms with van der Waals surface area (Å²) in [5.74, 6) is 0.144. The molecule has 0 spiro atoms. The summed E-state index contributed by atoms with van der Waals surface area (Å²) < 4.78 is 1.18. The van der Waals surface area contributed by atoms with Crippen molar-refractivity contribution in [2.24, 2.45) is 0 Å². The zero-order valence-corrected chi connectivity index (χ0v) is 9.67. The SMILES string of the molecule is CC(=O)c1cc2cc3ccccc3cc2s1. The molecule has 1 nitrogen and oxygen atoms in total. The lowest BCUT2D eigenvalue weighted by molar-refractivity contribution is 0.102. The fourth-order valence-electron chi connectivity index (χ4n) is 1.90. The number of carbonyl (C=O) groups is 1. The summed E-state index contributed by atoms with van der Waals surface area (Å²) in [6.07, 6.45) is 0. The third kappa shape index (κ3) is 1.42. The van der Waals surface area contributed by atoms with Gasteiger partial charge in [0.05, 0.1) is 4.88 Å². The molecule has 1 aromatic heterocycles. The second-order valence-corrected chi connectivity index (χ2v) is 4.99. The van der Waals surface area contributed by atoms with Crippen LogP contribution < -0.4 is 0 Å². The molecule has 2 heteroatoms. The lowest BCUT2D eigenvalue weighted by Crippen LogP contribution is -1.83. The Kier molecular flexibility index (Phi) is 2.04. The van der Waals surface area contributed by atoms with Crippen molar-refractivity contribution in [1.29, 1.82) is 0 Å². The molecule has 0 N–H and O–H groups in total. The van der Waals surface area contributed by atoms with E-state index in [0.29, 0.717) is 0 Å². The van der Waals surface area contributed by atoms with Crippen LogP contribution in [0.4, 0.5) is 0 Å². The molecule has 0 aliphatic carbocycles. The van der Waals surface area contributed by atoms with Crippen LogP contribution in [0.3, 0.4) is 0 Å². The molecular weight excluding hydrogens is 216 g/mol. The van der Waals surface area contributed by atoms with Gasteiger partial charge in [-0.25, -0.2) is 0 Å². The summed E-state index contributed by atoms with van der Waals surface area (Å²) >= 11 is 1.57. The topological polar surface area (TPSA) is 17.1 Å².